The number of carbonyl (C=O) groups excluding carboxylic acids is 2. The van der Waals surface area contributed by atoms with Crippen molar-refractivity contribution in [3.63, 3.8) is 0 Å². The van der Waals surface area contributed by atoms with E-state index in [0.717, 1.165) is 4.90 Å². The number of β-amino-alcohol motifs (C(OH)–C–C–N with tert-alkyl or cyclic N) is 1. The highest BCUT2D eigenvalue weighted by Gasteiger charge is 2.32. The van der Waals surface area contributed by atoms with Gasteiger partial charge in [-0.25, -0.2) is 4.79 Å². The first-order valence-corrected chi connectivity index (χ1v) is 10.9. The van der Waals surface area contributed by atoms with E-state index >= 15 is 0 Å². The van der Waals surface area contributed by atoms with Crippen molar-refractivity contribution in [1.29, 1.82) is 0 Å². The fraction of sp³-hybridized carbons (Fsp3) is 0.417. The zero-order valence-corrected chi connectivity index (χ0v) is 19.0. The van der Waals surface area contributed by atoms with Crippen LogP contribution in [0.25, 0.3) is 0 Å². The first kappa shape index (κ1) is 24.3. The molecule has 1 atom stereocenters. The maximum Gasteiger partial charge on any atom is 0.322 e. The molecule has 1 heterocycles. The Kier molecular flexibility index (Phi) is 8.51. The number of benzene rings is 2. The molecule has 0 aliphatic carbocycles. The van der Waals surface area contributed by atoms with Gasteiger partial charge in [0.2, 0.25) is 0 Å². The number of imide groups is 1. The van der Waals surface area contributed by atoms with Gasteiger partial charge < -0.3 is 30.0 Å². The number of aliphatic hydroxyl groups excluding tert-OH is 1. The van der Waals surface area contributed by atoms with Crippen LogP contribution >= 0.6 is 0 Å². The van der Waals surface area contributed by atoms with Gasteiger partial charge in [-0.3, -0.25) is 9.69 Å². The highest BCUT2D eigenvalue weighted by Crippen LogP contribution is 2.26. The molecule has 33 heavy (non-hydrogen) atoms. The second kappa shape index (κ2) is 11.5. The van der Waals surface area contributed by atoms with E-state index < -0.39 is 18.0 Å². The van der Waals surface area contributed by atoms with Crippen molar-refractivity contribution in [2.45, 2.75) is 25.0 Å². The number of urea groups is 1. The van der Waals surface area contributed by atoms with Crippen LogP contribution in [0.5, 0.6) is 17.2 Å². The van der Waals surface area contributed by atoms with Crippen molar-refractivity contribution in [2.75, 3.05) is 40.5 Å². The highest BCUT2D eigenvalue weighted by atomic mass is 16.5. The van der Waals surface area contributed by atoms with E-state index in [9.17, 15) is 14.7 Å². The molecular formula is C24H31N3O6. The summed E-state index contributed by atoms with van der Waals surface area (Å²) < 4.78 is 16.1. The molecule has 1 saturated heterocycles. The minimum absolute atomic E-state index is 0.129. The lowest BCUT2D eigenvalue weighted by atomic mass is 10.0. The number of primary amides is 1. The molecule has 178 valence electrons. The monoisotopic (exact) mass is 457 g/mol. The van der Waals surface area contributed by atoms with Gasteiger partial charge in [-0.15, -0.1) is 0 Å². The number of piperidine rings is 1. The number of likely N-dealkylation sites (tertiary alicyclic amines) is 1. The van der Waals surface area contributed by atoms with Crippen LogP contribution in [-0.4, -0.2) is 79.5 Å². The van der Waals surface area contributed by atoms with Gasteiger partial charge in [-0.2, -0.15) is 0 Å². The number of para-hydroxylation sites is 2. The Hall–Kier alpha value is -3.30. The van der Waals surface area contributed by atoms with Gasteiger partial charge in [0.25, 0.3) is 5.91 Å². The molecular weight excluding hydrogens is 426 g/mol. The van der Waals surface area contributed by atoms with Crippen molar-refractivity contribution >= 4 is 11.9 Å². The van der Waals surface area contributed by atoms with E-state index in [0.29, 0.717) is 55.3 Å². The summed E-state index contributed by atoms with van der Waals surface area (Å²) in [6, 6.07) is 12.8. The van der Waals surface area contributed by atoms with Crippen LogP contribution < -0.4 is 19.9 Å². The number of ether oxygens (including phenoxy) is 3. The van der Waals surface area contributed by atoms with E-state index in [4.69, 9.17) is 19.9 Å². The van der Waals surface area contributed by atoms with Crippen LogP contribution in [0.15, 0.2) is 48.5 Å². The van der Waals surface area contributed by atoms with Crippen molar-refractivity contribution < 1.29 is 28.9 Å². The summed E-state index contributed by atoms with van der Waals surface area (Å²) in [6.45, 7) is 1.79. The Labute approximate surface area is 193 Å². The molecule has 3 N–H and O–H groups in total. The Morgan fingerprint density at radius 1 is 1.06 bits per heavy atom. The highest BCUT2D eigenvalue weighted by molar-refractivity contribution is 6.04. The zero-order valence-electron chi connectivity index (χ0n) is 19.0. The predicted octanol–water partition coefficient (Wildman–Crippen LogP) is 2.13. The number of rotatable bonds is 9. The molecule has 1 aliphatic rings. The van der Waals surface area contributed by atoms with E-state index in [1.165, 1.54) is 0 Å². The molecule has 3 rings (SSSR count). The predicted molar refractivity (Wildman–Crippen MR) is 123 cm³/mol. The first-order chi connectivity index (χ1) is 15.9. The lowest BCUT2D eigenvalue weighted by Crippen LogP contribution is -2.52. The van der Waals surface area contributed by atoms with Crippen LogP contribution in [0, 0.1) is 0 Å². The maximum absolute atomic E-state index is 12.9. The van der Waals surface area contributed by atoms with Crippen molar-refractivity contribution in [3.05, 3.63) is 54.1 Å². The van der Waals surface area contributed by atoms with Crippen LogP contribution in [-0.2, 0) is 0 Å². The van der Waals surface area contributed by atoms with Gasteiger partial charge in [0, 0.05) is 31.2 Å². The largest absolute Gasteiger partial charge is 0.497 e. The number of methoxy groups -OCH3 is 2. The van der Waals surface area contributed by atoms with E-state index in [1.807, 2.05) is 12.1 Å². The van der Waals surface area contributed by atoms with Crippen LogP contribution in [0.3, 0.4) is 0 Å². The summed E-state index contributed by atoms with van der Waals surface area (Å²) >= 11 is 0. The molecule has 9 heteroatoms. The zero-order chi connectivity index (χ0) is 23.8. The molecule has 1 unspecified atom stereocenters. The third kappa shape index (κ3) is 6.36. The lowest BCUT2D eigenvalue weighted by molar-refractivity contribution is 0.0445. The van der Waals surface area contributed by atoms with Crippen LogP contribution in [0.1, 0.15) is 23.2 Å². The van der Waals surface area contributed by atoms with Crippen LogP contribution in [0.4, 0.5) is 4.79 Å². The standard InChI is InChI=1S/C24H31N3O6/c1-31-20-9-7-17(8-10-20)23(29)27(24(25)30)18-11-13-26(14-12-18)15-19(28)16-33-22-6-4-3-5-21(22)32-2/h3-10,18-19,28H,11-16H2,1-2H3,(H2,25,30). The van der Waals surface area contributed by atoms with E-state index in [1.54, 1.807) is 50.6 Å². The fourth-order valence-electron chi connectivity index (χ4n) is 3.95. The smallest absolute Gasteiger partial charge is 0.322 e. The van der Waals surface area contributed by atoms with Gasteiger partial charge in [0.15, 0.2) is 11.5 Å². The lowest BCUT2D eigenvalue weighted by Gasteiger charge is -2.37. The topological polar surface area (TPSA) is 115 Å². The number of aliphatic hydroxyl groups is 1. The Morgan fingerprint density at radius 2 is 1.70 bits per heavy atom. The molecule has 2 aromatic rings. The van der Waals surface area contributed by atoms with Crippen molar-refractivity contribution in [1.82, 2.24) is 9.80 Å². The van der Waals surface area contributed by atoms with E-state index in [-0.39, 0.29) is 12.6 Å². The number of nitrogens with two attached hydrogens (primary N) is 1. The second-order valence-corrected chi connectivity index (χ2v) is 7.89. The van der Waals surface area contributed by atoms with Crippen molar-refractivity contribution in [2.24, 2.45) is 5.73 Å². The number of nitrogens with zero attached hydrogens (tertiary/aromatic N) is 2. The van der Waals surface area contributed by atoms with Gasteiger partial charge in [-0.1, -0.05) is 12.1 Å². The van der Waals surface area contributed by atoms with Gasteiger partial charge in [-0.05, 0) is 49.2 Å². The number of hydrogen-bond donors (Lipinski definition) is 2. The van der Waals surface area contributed by atoms with E-state index in [2.05, 4.69) is 4.90 Å². The summed E-state index contributed by atoms with van der Waals surface area (Å²) in [7, 11) is 3.11. The molecule has 3 amide bonds. The summed E-state index contributed by atoms with van der Waals surface area (Å²) in [4.78, 5) is 28.2. The summed E-state index contributed by atoms with van der Waals surface area (Å²) in [5.74, 6) is 1.39. The molecule has 0 saturated carbocycles. The SMILES string of the molecule is COc1ccc(C(=O)N(C(N)=O)C2CCN(CC(O)COc3ccccc3OC)CC2)cc1. The van der Waals surface area contributed by atoms with Gasteiger partial charge in [0.1, 0.15) is 18.5 Å². The van der Waals surface area contributed by atoms with Crippen molar-refractivity contribution in [3.8, 4) is 17.2 Å². The molecule has 1 aliphatic heterocycles. The molecule has 0 bridgehead atoms. The second-order valence-electron chi connectivity index (χ2n) is 7.89. The quantitative estimate of drug-likeness (QED) is 0.593. The molecule has 1 fully saturated rings. The average molecular weight is 458 g/mol. The Bertz CT molecular complexity index is 928. The van der Waals surface area contributed by atoms with Crippen LogP contribution in [0.2, 0.25) is 0 Å². The normalized spacial score (nSPS) is 15.5. The Balaban J connectivity index is 1.51. The molecule has 2 aromatic carbocycles. The third-order valence-electron chi connectivity index (χ3n) is 5.68. The summed E-state index contributed by atoms with van der Waals surface area (Å²) in [5.41, 5.74) is 5.93. The molecule has 0 aromatic heterocycles. The number of amides is 3. The minimum atomic E-state index is -0.764. The molecule has 0 spiro atoms. The number of carbonyl (C=O) groups is 2. The minimum Gasteiger partial charge on any atom is -0.497 e. The van der Waals surface area contributed by atoms with Gasteiger partial charge in [0.05, 0.1) is 14.2 Å². The molecule has 0 radical (unpaired) electrons. The Morgan fingerprint density at radius 3 is 2.27 bits per heavy atom. The summed E-state index contributed by atoms with van der Waals surface area (Å²) in [5, 5.41) is 10.4. The van der Waals surface area contributed by atoms with Gasteiger partial charge >= 0.3 is 6.03 Å². The fourth-order valence-corrected chi connectivity index (χ4v) is 3.95. The molecule has 9 nitrogen and oxygen atoms in total. The average Bonchev–Trinajstić information content (AvgIpc) is 2.84. The number of hydrogen-bond acceptors (Lipinski definition) is 7. The maximum atomic E-state index is 12.9. The summed E-state index contributed by atoms with van der Waals surface area (Å²) in [6.07, 6.45) is 0.454. The first-order valence-electron chi connectivity index (χ1n) is 10.9. The third-order valence-corrected chi connectivity index (χ3v) is 5.68.